The van der Waals surface area contributed by atoms with Gasteiger partial charge in [0.1, 0.15) is 0 Å². The molecule has 0 spiro atoms. The number of aromatic nitrogens is 1. The Morgan fingerprint density at radius 1 is 1.23 bits per heavy atom. The number of H-pyrrole nitrogens is 1. The quantitative estimate of drug-likeness (QED) is 0.773. The van der Waals surface area contributed by atoms with Gasteiger partial charge in [0.15, 0.2) is 0 Å². The summed E-state index contributed by atoms with van der Waals surface area (Å²) in [6, 6.07) is 8.13. The van der Waals surface area contributed by atoms with Crippen LogP contribution in [0.3, 0.4) is 0 Å². The molecule has 0 aliphatic rings. The van der Waals surface area contributed by atoms with Gasteiger partial charge >= 0.3 is 0 Å². The highest BCUT2D eigenvalue weighted by atomic mass is 79.9. The molecule has 2 rings (SSSR count). The number of carbonyl (C=O) groups is 2. The number of hydrogen-bond acceptors (Lipinski definition) is 3. The van der Waals surface area contributed by atoms with Gasteiger partial charge in [0.2, 0.25) is 11.5 Å². The van der Waals surface area contributed by atoms with Crippen molar-refractivity contribution >= 4 is 33.4 Å². The normalized spacial score (nSPS) is 10.1. The van der Waals surface area contributed by atoms with Crippen LogP contribution in [0.4, 0.5) is 5.69 Å². The van der Waals surface area contributed by atoms with Crippen LogP contribution in [0.15, 0.2) is 45.8 Å². The number of benzene rings is 1. The summed E-state index contributed by atoms with van der Waals surface area (Å²) in [5, 5.41) is 5.21. The summed E-state index contributed by atoms with van der Waals surface area (Å²) >= 11 is 3.35. The monoisotopic (exact) mass is 363 g/mol. The van der Waals surface area contributed by atoms with Crippen LogP contribution in [0.2, 0.25) is 0 Å². The van der Waals surface area contributed by atoms with Gasteiger partial charge in [-0.25, -0.2) is 0 Å². The predicted molar refractivity (Wildman–Crippen MR) is 86.9 cm³/mol. The summed E-state index contributed by atoms with van der Waals surface area (Å²) in [7, 11) is 0. The van der Waals surface area contributed by atoms with E-state index in [0.717, 1.165) is 10.0 Å². The van der Waals surface area contributed by atoms with Crippen molar-refractivity contribution in [2.24, 2.45) is 0 Å². The smallest absolute Gasteiger partial charge is 0.253 e. The minimum absolute atomic E-state index is 0.159. The number of nitrogens with one attached hydrogen (secondary N) is 3. The lowest BCUT2D eigenvalue weighted by Crippen LogP contribution is -2.33. The summed E-state index contributed by atoms with van der Waals surface area (Å²) in [4.78, 5) is 37.0. The first-order valence-electron chi connectivity index (χ1n) is 6.48. The van der Waals surface area contributed by atoms with Crippen molar-refractivity contribution in [2.45, 2.75) is 6.92 Å². The maximum atomic E-state index is 11.8. The van der Waals surface area contributed by atoms with Gasteiger partial charge in [-0.3, -0.25) is 14.4 Å². The zero-order valence-corrected chi connectivity index (χ0v) is 13.4. The Bertz CT molecular complexity index is 750. The van der Waals surface area contributed by atoms with E-state index < -0.39 is 5.91 Å². The number of amides is 2. The van der Waals surface area contributed by atoms with Crippen LogP contribution in [0.1, 0.15) is 15.9 Å². The van der Waals surface area contributed by atoms with Crippen molar-refractivity contribution in [1.29, 1.82) is 0 Å². The number of hydrogen-bond donors (Lipinski definition) is 3. The Balaban J connectivity index is 1.91. The highest BCUT2D eigenvalue weighted by Gasteiger charge is 2.09. The van der Waals surface area contributed by atoms with Crippen LogP contribution < -0.4 is 16.2 Å². The van der Waals surface area contributed by atoms with Gasteiger partial charge in [-0.1, -0.05) is 15.9 Å². The fourth-order valence-electron chi connectivity index (χ4n) is 1.78. The van der Waals surface area contributed by atoms with Crippen molar-refractivity contribution in [3.8, 4) is 0 Å². The standard InChI is InChI=1S/C15H14BrN3O3/c1-9-6-11(16)3-4-12(9)19-14(21)8-18-15(22)10-2-5-13(20)17-7-10/h2-7H,8H2,1H3,(H,17,20)(H,18,22)(H,19,21). The molecule has 22 heavy (non-hydrogen) atoms. The lowest BCUT2D eigenvalue weighted by atomic mass is 10.2. The molecule has 3 N–H and O–H groups in total. The van der Waals surface area contributed by atoms with Crippen LogP contribution in [0.5, 0.6) is 0 Å². The first-order valence-corrected chi connectivity index (χ1v) is 7.28. The molecule has 0 saturated carbocycles. The number of carbonyl (C=O) groups excluding carboxylic acids is 2. The zero-order valence-electron chi connectivity index (χ0n) is 11.8. The maximum absolute atomic E-state index is 11.8. The Morgan fingerprint density at radius 2 is 2.00 bits per heavy atom. The third-order valence-corrected chi connectivity index (χ3v) is 3.41. The third-order valence-electron chi connectivity index (χ3n) is 2.92. The van der Waals surface area contributed by atoms with Crippen molar-refractivity contribution in [3.05, 3.63) is 62.5 Å². The van der Waals surface area contributed by atoms with Gasteiger partial charge in [-0.2, -0.15) is 0 Å². The molecule has 2 amide bonds. The molecule has 0 unspecified atom stereocenters. The SMILES string of the molecule is Cc1cc(Br)ccc1NC(=O)CNC(=O)c1ccc(=O)[nH]c1. The van der Waals surface area contributed by atoms with E-state index in [1.807, 2.05) is 19.1 Å². The Kier molecular flexibility index (Phi) is 5.11. The molecule has 0 aliphatic carbocycles. The molecule has 0 atom stereocenters. The van der Waals surface area contributed by atoms with E-state index in [-0.39, 0.29) is 23.6 Å². The summed E-state index contributed by atoms with van der Waals surface area (Å²) in [6.07, 6.45) is 1.30. The van der Waals surface area contributed by atoms with E-state index in [9.17, 15) is 14.4 Å². The lowest BCUT2D eigenvalue weighted by molar-refractivity contribution is -0.115. The fraction of sp³-hybridized carbons (Fsp3) is 0.133. The molecule has 0 radical (unpaired) electrons. The van der Waals surface area contributed by atoms with E-state index in [2.05, 4.69) is 31.5 Å². The van der Waals surface area contributed by atoms with Gasteiger partial charge in [-0.05, 0) is 36.8 Å². The molecule has 114 valence electrons. The van der Waals surface area contributed by atoms with Crippen LogP contribution in [0, 0.1) is 6.92 Å². The number of rotatable bonds is 4. The first-order chi connectivity index (χ1) is 10.5. The highest BCUT2D eigenvalue weighted by molar-refractivity contribution is 9.10. The van der Waals surface area contributed by atoms with Gasteiger partial charge in [0.05, 0.1) is 12.1 Å². The Hall–Kier alpha value is -2.41. The molecule has 7 heteroatoms. The van der Waals surface area contributed by atoms with Crippen molar-refractivity contribution in [2.75, 3.05) is 11.9 Å². The zero-order chi connectivity index (χ0) is 16.1. The average Bonchev–Trinajstić information content (AvgIpc) is 2.48. The second kappa shape index (κ2) is 7.04. The summed E-state index contributed by atoms with van der Waals surface area (Å²) in [6.45, 7) is 1.72. The minimum Gasteiger partial charge on any atom is -0.343 e. The van der Waals surface area contributed by atoms with E-state index in [0.29, 0.717) is 5.69 Å². The van der Waals surface area contributed by atoms with Crippen LogP contribution in [-0.2, 0) is 4.79 Å². The third kappa shape index (κ3) is 4.29. The molecular weight excluding hydrogens is 350 g/mol. The lowest BCUT2D eigenvalue weighted by Gasteiger charge is -2.09. The van der Waals surface area contributed by atoms with Crippen LogP contribution in [0.25, 0.3) is 0 Å². The molecule has 0 saturated heterocycles. The van der Waals surface area contributed by atoms with Gasteiger partial charge in [0.25, 0.3) is 5.91 Å². The molecular formula is C15H14BrN3O3. The van der Waals surface area contributed by atoms with Crippen molar-refractivity contribution in [3.63, 3.8) is 0 Å². The highest BCUT2D eigenvalue weighted by Crippen LogP contribution is 2.19. The largest absolute Gasteiger partial charge is 0.343 e. The second-order valence-corrected chi connectivity index (χ2v) is 5.55. The average molecular weight is 364 g/mol. The molecule has 0 bridgehead atoms. The van der Waals surface area contributed by atoms with Crippen molar-refractivity contribution in [1.82, 2.24) is 10.3 Å². The molecule has 6 nitrogen and oxygen atoms in total. The number of pyridine rings is 1. The number of aryl methyl sites for hydroxylation is 1. The number of anilines is 1. The van der Waals surface area contributed by atoms with E-state index in [4.69, 9.17) is 0 Å². The van der Waals surface area contributed by atoms with E-state index in [1.165, 1.54) is 18.3 Å². The van der Waals surface area contributed by atoms with Crippen LogP contribution >= 0.6 is 15.9 Å². The molecule has 1 aromatic heterocycles. The van der Waals surface area contributed by atoms with Crippen molar-refractivity contribution < 1.29 is 9.59 Å². The topological polar surface area (TPSA) is 91.1 Å². The first kappa shape index (κ1) is 16.0. The Labute approximate surface area is 135 Å². The summed E-state index contributed by atoms with van der Waals surface area (Å²) < 4.78 is 0.925. The second-order valence-electron chi connectivity index (χ2n) is 4.63. The van der Waals surface area contributed by atoms with Gasteiger partial charge in [0, 0.05) is 22.4 Å². The molecule has 0 fully saturated rings. The molecule has 2 aromatic rings. The van der Waals surface area contributed by atoms with Gasteiger partial charge in [-0.15, -0.1) is 0 Å². The summed E-state index contributed by atoms with van der Waals surface area (Å²) in [5.41, 5.74) is 1.59. The predicted octanol–water partition coefficient (Wildman–Crippen LogP) is 1.81. The fourth-order valence-corrected chi connectivity index (χ4v) is 2.25. The van der Waals surface area contributed by atoms with E-state index >= 15 is 0 Å². The van der Waals surface area contributed by atoms with Gasteiger partial charge < -0.3 is 15.6 Å². The van der Waals surface area contributed by atoms with Crippen LogP contribution in [-0.4, -0.2) is 23.3 Å². The molecule has 1 aromatic carbocycles. The number of halogens is 1. The number of aromatic amines is 1. The van der Waals surface area contributed by atoms with E-state index in [1.54, 1.807) is 6.07 Å². The maximum Gasteiger partial charge on any atom is 0.253 e. The minimum atomic E-state index is -0.432. The Morgan fingerprint density at radius 3 is 2.64 bits per heavy atom. The summed E-state index contributed by atoms with van der Waals surface area (Å²) in [5.74, 6) is -0.762. The molecule has 1 heterocycles. The molecule has 0 aliphatic heterocycles.